The van der Waals surface area contributed by atoms with Crippen molar-refractivity contribution in [2.24, 2.45) is 5.73 Å². The van der Waals surface area contributed by atoms with Gasteiger partial charge < -0.3 is 26.3 Å². The Kier molecular flexibility index (Phi) is 8.97. The van der Waals surface area contributed by atoms with Gasteiger partial charge >= 0.3 is 0 Å². The molecule has 0 saturated heterocycles. The Morgan fingerprint density at radius 3 is 2.20 bits per heavy atom. The molecule has 0 aliphatic heterocycles. The van der Waals surface area contributed by atoms with Gasteiger partial charge in [0.1, 0.15) is 22.4 Å². The maximum absolute atomic E-state index is 14.2. The van der Waals surface area contributed by atoms with Crippen LogP contribution < -0.4 is 31.2 Å². The Morgan fingerprint density at radius 2 is 1.62 bits per heavy atom. The molecule has 0 radical (unpaired) electrons. The molecule has 1 heterocycles. The molecular weight excluding hydrogens is 530 g/mol. The summed E-state index contributed by atoms with van der Waals surface area (Å²) >= 11 is 0.744. The minimum Gasteiger partial charge on any atom is -0.497 e. The standard InChI is InChI=1S/C29H29N5O5S/c1-3-39-22-15-11-20(12-16-22)34(29(37)26-23(30)24(27(31)35)33-40-26)25(19-9-13-21(38-2)14-10-19)28(36)32-17-18-7-5-4-6-8-18/h4-16,25H,3,17,30H2,1-2H3,(H2,31,35)(H,32,36)/t25-/m0/s1. The first-order valence-electron chi connectivity index (χ1n) is 12.4. The second kappa shape index (κ2) is 12.8. The lowest BCUT2D eigenvalue weighted by Crippen LogP contribution is -2.44. The molecule has 11 heteroatoms. The molecule has 4 rings (SSSR count). The Bertz CT molecular complexity index is 1470. The van der Waals surface area contributed by atoms with E-state index in [1.807, 2.05) is 37.3 Å². The quantitative estimate of drug-likeness (QED) is 0.252. The number of carbonyl (C=O) groups excluding carboxylic acids is 3. The van der Waals surface area contributed by atoms with Gasteiger partial charge in [-0.05, 0) is 66.0 Å². The Labute approximate surface area is 235 Å². The summed E-state index contributed by atoms with van der Waals surface area (Å²) in [5.74, 6) is -0.727. The number of carbonyl (C=O) groups is 3. The predicted molar refractivity (Wildman–Crippen MR) is 153 cm³/mol. The second-order valence-electron chi connectivity index (χ2n) is 8.62. The third-order valence-corrected chi connectivity index (χ3v) is 6.90. The Morgan fingerprint density at radius 1 is 0.975 bits per heavy atom. The number of benzene rings is 3. The van der Waals surface area contributed by atoms with E-state index >= 15 is 0 Å². The number of rotatable bonds is 11. The smallest absolute Gasteiger partial charge is 0.273 e. The molecule has 0 bridgehead atoms. The second-order valence-corrected chi connectivity index (χ2v) is 9.39. The number of ether oxygens (including phenoxy) is 2. The molecule has 0 unspecified atom stereocenters. The molecule has 0 aliphatic carbocycles. The molecule has 3 amide bonds. The number of nitrogens with two attached hydrogens (primary N) is 2. The fourth-order valence-electron chi connectivity index (χ4n) is 4.08. The highest BCUT2D eigenvalue weighted by Gasteiger charge is 2.36. The monoisotopic (exact) mass is 559 g/mol. The van der Waals surface area contributed by atoms with Crippen LogP contribution in [0.4, 0.5) is 11.4 Å². The lowest BCUT2D eigenvalue weighted by molar-refractivity contribution is -0.122. The van der Waals surface area contributed by atoms with Gasteiger partial charge in [0.05, 0.1) is 19.4 Å². The van der Waals surface area contributed by atoms with Crippen LogP contribution in [0, 0.1) is 0 Å². The van der Waals surface area contributed by atoms with E-state index in [0.717, 1.165) is 17.1 Å². The van der Waals surface area contributed by atoms with E-state index in [0.29, 0.717) is 29.4 Å². The minimum atomic E-state index is -1.13. The van der Waals surface area contributed by atoms with Crippen molar-refractivity contribution in [1.29, 1.82) is 0 Å². The fraction of sp³-hybridized carbons (Fsp3) is 0.172. The van der Waals surface area contributed by atoms with Gasteiger partial charge in [0.25, 0.3) is 11.8 Å². The summed E-state index contributed by atoms with van der Waals surface area (Å²) in [6.07, 6.45) is 0. The summed E-state index contributed by atoms with van der Waals surface area (Å²) in [6.45, 7) is 2.57. The molecule has 5 N–H and O–H groups in total. The van der Waals surface area contributed by atoms with Gasteiger partial charge in [-0.25, -0.2) is 0 Å². The van der Waals surface area contributed by atoms with Crippen molar-refractivity contribution in [1.82, 2.24) is 9.69 Å². The minimum absolute atomic E-state index is 0.0166. The van der Waals surface area contributed by atoms with E-state index in [1.54, 1.807) is 48.5 Å². The summed E-state index contributed by atoms with van der Waals surface area (Å²) < 4.78 is 14.8. The van der Waals surface area contributed by atoms with Crippen LogP contribution in [0.25, 0.3) is 0 Å². The van der Waals surface area contributed by atoms with E-state index in [2.05, 4.69) is 9.69 Å². The van der Waals surface area contributed by atoms with Gasteiger partial charge in [-0.2, -0.15) is 4.37 Å². The average Bonchev–Trinajstić information content (AvgIpc) is 3.37. The first kappa shape index (κ1) is 28.1. The zero-order valence-corrected chi connectivity index (χ0v) is 22.8. The molecular formula is C29H29N5O5S. The molecule has 1 atom stereocenters. The van der Waals surface area contributed by atoms with Gasteiger partial charge in [-0.1, -0.05) is 42.5 Å². The van der Waals surface area contributed by atoms with E-state index in [-0.39, 0.29) is 22.8 Å². The maximum atomic E-state index is 14.2. The van der Waals surface area contributed by atoms with E-state index in [4.69, 9.17) is 20.9 Å². The van der Waals surface area contributed by atoms with Gasteiger partial charge in [-0.3, -0.25) is 19.3 Å². The van der Waals surface area contributed by atoms with Crippen LogP contribution in [0.5, 0.6) is 11.5 Å². The third-order valence-electron chi connectivity index (χ3n) is 6.05. The number of primary amides is 1. The van der Waals surface area contributed by atoms with E-state index < -0.39 is 23.8 Å². The van der Waals surface area contributed by atoms with Crippen molar-refractivity contribution in [3.05, 3.63) is 101 Å². The van der Waals surface area contributed by atoms with Crippen LogP contribution in [-0.4, -0.2) is 35.8 Å². The number of amides is 3. The van der Waals surface area contributed by atoms with Crippen molar-refractivity contribution in [3.8, 4) is 11.5 Å². The van der Waals surface area contributed by atoms with E-state index in [1.165, 1.54) is 12.0 Å². The molecule has 1 aromatic heterocycles. The summed E-state index contributed by atoms with van der Waals surface area (Å²) in [4.78, 5) is 41.2. The molecule has 206 valence electrons. The molecule has 40 heavy (non-hydrogen) atoms. The normalized spacial score (nSPS) is 11.3. The molecule has 0 aliphatic rings. The number of hydrogen-bond acceptors (Lipinski definition) is 8. The number of methoxy groups -OCH3 is 1. The summed E-state index contributed by atoms with van der Waals surface area (Å²) in [5.41, 5.74) is 13.0. The summed E-state index contributed by atoms with van der Waals surface area (Å²) in [7, 11) is 1.54. The van der Waals surface area contributed by atoms with Gasteiger partial charge in [0.15, 0.2) is 5.69 Å². The van der Waals surface area contributed by atoms with Crippen LogP contribution in [0.2, 0.25) is 0 Å². The van der Waals surface area contributed by atoms with Crippen LogP contribution in [0.1, 0.15) is 44.3 Å². The topological polar surface area (TPSA) is 150 Å². The third kappa shape index (κ3) is 6.21. The zero-order chi connectivity index (χ0) is 28.6. The van der Waals surface area contributed by atoms with Crippen LogP contribution in [-0.2, 0) is 11.3 Å². The Hall–Kier alpha value is -4.90. The maximum Gasteiger partial charge on any atom is 0.273 e. The van der Waals surface area contributed by atoms with Gasteiger partial charge in [-0.15, -0.1) is 0 Å². The van der Waals surface area contributed by atoms with Crippen molar-refractivity contribution in [3.63, 3.8) is 0 Å². The van der Waals surface area contributed by atoms with Crippen LogP contribution in [0.15, 0.2) is 78.9 Å². The zero-order valence-electron chi connectivity index (χ0n) is 22.0. The predicted octanol–water partition coefficient (Wildman–Crippen LogP) is 3.94. The lowest BCUT2D eigenvalue weighted by atomic mass is 10.0. The lowest BCUT2D eigenvalue weighted by Gasteiger charge is -2.31. The van der Waals surface area contributed by atoms with Gasteiger partial charge in [0, 0.05) is 12.2 Å². The number of aromatic nitrogens is 1. The number of nitrogen functional groups attached to an aromatic ring is 1. The van der Waals surface area contributed by atoms with Crippen molar-refractivity contribution in [2.45, 2.75) is 19.5 Å². The average molecular weight is 560 g/mol. The fourth-order valence-corrected chi connectivity index (χ4v) is 4.82. The van der Waals surface area contributed by atoms with Crippen molar-refractivity contribution in [2.75, 3.05) is 24.4 Å². The molecule has 0 fully saturated rings. The molecule has 4 aromatic rings. The highest BCUT2D eigenvalue weighted by molar-refractivity contribution is 7.09. The van der Waals surface area contributed by atoms with Crippen LogP contribution in [0.3, 0.4) is 0 Å². The van der Waals surface area contributed by atoms with Crippen LogP contribution >= 0.6 is 11.5 Å². The molecule has 10 nitrogen and oxygen atoms in total. The molecule has 3 aromatic carbocycles. The van der Waals surface area contributed by atoms with Gasteiger partial charge in [0.2, 0.25) is 5.91 Å². The SMILES string of the molecule is CCOc1ccc(N(C(=O)c2snc(C(N)=O)c2N)[C@H](C(=O)NCc2ccccc2)c2ccc(OC)cc2)cc1. The van der Waals surface area contributed by atoms with Crippen molar-refractivity contribution >= 4 is 40.6 Å². The Balaban J connectivity index is 1.83. The number of hydrogen-bond donors (Lipinski definition) is 3. The highest BCUT2D eigenvalue weighted by atomic mass is 32.1. The summed E-state index contributed by atoms with van der Waals surface area (Å²) in [6, 6.07) is 21.9. The molecule has 0 spiro atoms. The molecule has 0 saturated carbocycles. The van der Waals surface area contributed by atoms with E-state index in [9.17, 15) is 14.4 Å². The largest absolute Gasteiger partial charge is 0.497 e. The highest BCUT2D eigenvalue weighted by Crippen LogP contribution is 2.34. The first-order chi connectivity index (χ1) is 19.3. The van der Waals surface area contributed by atoms with Crippen molar-refractivity contribution < 1.29 is 23.9 Å². The first-order valence-corrected chi connectivity index (χ1v) is 13.2. The summed E-state index contributed by atoms with van der Waals surface area (Å²) in [5, 5.41) is 2.95. The number of nitrogens with zero attached hydrogens (tertiary/aromatic N) is 2. The number of anilines is 2. The number of nitrogens with one attached hydrogen (secondary N) is 1.